The Morgan fingerprint density at radius 2 is 2.08 bits per heavy atom. The third kappa shape index (κ3) is 3.13. The molecule has 0 fully saturated rings. The van der Waals surface area contributed by atoms with Crippen LogP contribution in [0.15, 0.2) is 42.5 Å². The van der Waals surface area contributed by atoms with Gasteiger partial charge in [0.25, 0.3) is 5.91 Å². The van der Waals surface area contributed by atoms with Gasteiger partial charge in [-0.3, -0.25) is 4.79 Å². The Bertz CT molecular complexity index is 904. The highest BCUT2D eigenvalue weighted by molar-refractivity contribution is 6.31. The number of halogens is 1. The van der Waals surface area contributed by atoms with Crippen LogP contribution in [0.1, 0.15) is 27.8 Å². The molecule has 1 unspecified atom stereocenters. The first-order valence-corrected chi connectivity index (χ1v) is 7.99. The van der Waals surface area contributed by atoms with Gasteiger partial charge < -0.3 is 15.0 Å². The number of amides is 1. The number of benzene rings is 2. The van der Waals surface area contributed by atoms with E-state index in [1.165, 1.54) is 0 Å². The van der Waals surface area contributed by atoms with E-state index in [0.29, 0.717) is 16.1 Å². The zero-order valence-corrected chi connectivity index (χ0v) is 14.2. The molecule has 1 aromatic heterocycles. The lowest BCUT2D eigenvalue weighted by molar-refractivity contribution is 0.0916. The van der Waals surface area contributed by atoms with Crippen LogP contribution in [0.2, 0.25) is 5.02 Å². The smallest absolute Gasteiger partial charge is 0.251 e. The third-order valence-corrected chi connectivity index (χ3v) is 4.43. The second kappa shape index (κ2) is 6.63. The number of aromatic nitrogens is 2. The summed E-state index contributed by atoms with van der Waals surface area (Å²) in [7, 11) is 1.93. The predicted octanol–water partition coefficient (Wildman–Crippen LogP) is 3.00. The molecule has 24 heavy (non-hydrogen) atoms. The van der Waals surface area contributed by atoms with Gasteiger partial charge in [0.05, 0.1) is 17.1 Å². The minimum atomic E-state index is -0.858. The Labute approximate surface area is 144 Å². The Hall–Kier alpha value is -2.37. The number of nitrogens with one attached hydrogen (secondary N) is 1. The summed E-state index contributed by atoms with van der Waals surface area (Å²) in [5.41, 5.74) is 2.84. The Morgan fingerprint density at radius 1 is 1.33 bits per heavy atom. The van der Waals surface area contributed by atoms with Gasteiger partial charge in [-0.25, -0.2) is 4.98 Å². The molecule has 2 N–H and O–H groups in total. The maximum Gasteiger partial charge on any atom is 0.251 e. The summed E-state index contributed by atoms with van der Waals surface area (Å²) >= 11 is 6.05. The molecular formula is C18H18ClN3O2. The molecule has 0 saturated heterocycles. The minimum Gasteiger partial charge on any atom is -0.387 e. The van der Waals surface area contributed by atoms with Gasteiger partial charge in [-0.15, -0.1) is 0 Å². The van der Waals surface area contributed by atoms with Crippen molar-refractivity contribution < 1.29 is 9.90 Å². The highest BCUT2D eigenvalue weighted by Crippen LogP contribution is 2.22. The van der Waals surface area contributed by atoms with Crippen molar-refractivity contribution in [3.8, 4) is 0 Å². The van der Waals surface area contributed by atoms with Crippen LogP contribution >= 0.6 is 11.6 Å². The summed E-state index contributed by atoms with van der Waals surface area (Å²) in [6.07, 6.45) is -0.858. The zero-order valence-electron chi connectivity index (χ0n) is 13.5. The summed E-state index contributed by atoms with van der Waals surface area (Å²) in [4.78, 5) is 16.7. The van der Waals surface area contributed by atoms with Crippen molar-refractivity contribution >= 4 is 28.5 Å². The molecule has 0 radical (unpaired) electrons. The van der Waals surface area contributed by atoms with E-state index in [1.54, 1.807) is 36.4 Å². The van der Waals surface area contributed by atoms with Gasteiger partial charge in [0.2, 0.25) is 0 Å². The largest absolute Gasteiger partial charge is 0.387 e. The lowest BCUT2D eigenvalue weighted by atomic mass is 10.1. The number of carbonyl (C=O) groups excluding carboxylic acids is 1. The molecule has 124 valence electrons. The van der Waals surface area contributed by atoms with Crippen LogP contribution in [0.5, 0.6) is 0 Å². The average Bonchev–Trinajstić information content (AvgIpc) is 2.86. The number of fused-ring (bicyclic) bond motifs is 1. The van der Waals surface area contributed by atoms with E-state index < -0.39 is 6.10 Å². The van der Waals surface area contributed by atoms with E-state index in [2.05, 4.69) is 10.3 Å². The molecule has 2 aromatic carbocycles. The molecule has 1 heterocycles. The number of hydrogen-bond acceptors (Lipinski definition) is 3. The fraction of sp³-hybridized carbons (Fsp3) is 0.222. The molecule has 0 bridgehead atoms. The first-order valence-electron chi connectivity index (χ1n) is 7.61. The van der Waals surface area contributed by atoms with Gasteiger partial charge in [-0.1, -0.05) is 29.8 Å². The predicted molar refractivity (Wildman–Crippen MR) is 94.2 cm³/mol. The molecule has 6 heteroatoms. The summed E-state index contributed by atoms with van der Waals surface area (Å²) in [6.45, 7) is 2.00. The lowest BCUT2D eigenvalue weighted by Gasteiger charge is -2.13. The Morgan fingerprint density at radius 3 is 2.83 bits per heavy atom. The van der Waals surface area contributed by atoms with Gasteiger partial charge >= 0.3 is 0 Å². The zero-order chi connectivity index (χ0) is 17.3. The number of hydrogen-bond donors (Lipinski definition) is 2. The van der Waals surface area contributed by atoms with Crippen molar-refractivity contribution in [2.75, 3.05) is 6.54 Å². The van der Waals surface area contributed by atoms with Crippen molar-refractivity contribution in [1.82, 2.24) is 14.9 Å². The van der Waals surface area contributed by atoms with E-state index in [4.69, 9.17) is 11.6 Å². The number of imidazole rings is 1. The SMILES string of the molecule is Cc1nc2cc(C(=O)NCC(O)c3ccccc3Cl)ccc2n1C. The number of rotatable bonds is 4. The van der Waals surface area contributed by atoms with E-state index in [-0.39, 0.29) is 12.5 Å². The topological polar surface area (TPSA) is 67.2 Å². The van der Waals surface area contributed by atoms with Crippen LogP contribution in [0.25, 0.3) is 11.0 Å². The van der Waals surface area contributed by atoms with Crippen LogP contribution in [-0.4, -0.2) is 27.1 Å². The van der Waals surface area contributed by atoms with E-state index in [9.17, 15) is 9.90 Å². The summed E-state index contributed by atoms with van der Waals surface area (Å²) in [5.74, 6) is 0.628. The van der Waals surface area contributed by atoms with Crippen LogP contribution in [0.4, 0.5) is 0 Å². The molecule has 3 aromatic rings. The van der Waals surface area contributed by atoms with E-state index in [0.717, 1.165) is 16.9 Å². The number of aliphatic hydroxyl groups excluding tert-OH is 1. The molecule has 0 saturated carbocycles. The van der Waals surface area contributed by atoms with E-state index in [1.807, 2.05) is 24.6 Å². The Kier molecular flexibility index (Phi) is 4.55. The molecular weight excluding hydrogens is 326 g/mol. The molecule has 5 nitrogen and oxygen atoms in total. The molecule has 3 rings (SSSR count). The maximum absolute atomic E-state index is 12.3. The second-order valence-corrected chi connectivity index (χ2v) is 6.08. The number of aryl methyl sites for hydroxylation is 2. The molecule has 0 aliphatic rings. The molecule has 0 aliphatic carbocycles. The molecule has 0 spiro atoms. The third-order valence-electron chi connectivity index (χ3n) is 4.09. The molecule has 0 aliphatic heterocycles. The van der Waals surface area contributed by atoms with Crippen molar-refractivity contribution in [3.05, 3.63) is 64.4 Å². The standard InChI is InChI=1S/C18H18ClN3O2/c1-11-21-15-9-12(7-8-16(15)22(11)2)18(24)20-10-17(23)13-5-3-4-6-14(13)19/h3-9,17,23H,10H2,1-2H3,(H,20,24). The first kappa shape index (κ1) is 16.5. The Balaban J connectivity index is 1.72. The number of carbonyl (C=O) groups is 1. The van der Waals surface area contributed by atoms with Crippen molar-refractivity contribution in [2.45, 2.75) is 13.0 Å². The average molecular weight is 344 g/mol. The maximum atomic E-state index is 12.3. The monoisotopic (exact) mass is 343 g/mol. The van der Waals surface area contributed by atoms with Crippen molar-refractivity contribution in [1.29, 1.82) is 0 Å². The lowest BCUT2D eigenvalue weighted by Crippen LogP contribution is -2.28. The highest BCUT2D eigenvalue weighted by Gasteiger charge is 2.14. The fourth-order valence-corrected chi connectivity index (χ4v) is 2.87. The van der Waals surface area contributed by atoms with Gasteiger partial charge in [0, 0.05) is 29.7 Å². The van der Waals surface area contributed by atoms with Gasteiger partial charge in [-0.2, -0.15) is 0 Å². The fourth-order valence-electron chi connectivity index (χ4n) is 2.61. The molecule has 1 atom stereocenters. The summed E-state index contributed by atoms with van der Waals surface area (Å²) in [6, 6.07) is 12.4. The van der Waals surface area contributed by atoms with Gasteiger partial charge in [0.15, 0.2) is 0 Å². The number of aliphatic hydroxyl groups is 1. The minimum absolute atomic E-state index is 0.0852. The molecule has 1 amide bonds. The van der Waals surface area contributed by atoms with Crippen LogP contribution in [0.3, 0.4) is 0 Å². The van der Waals surface area contributed by atoms with Crippen LogP contribution < -0.4 is 5.32 Å². The van der Waals surface area contributed by atoms with E-state index >= 15 is 0 Å². The van der Waals surface area contributed by atoms with Crippen LogP contribution in [-0.2, 0) is 7.05 Å². The summed E-state index contributed by atoms with van der Waals surface area (Å²) in [5, 5.41) is 13.4. The normalized spacial score (nSPS) is 12.3. The van der Waals surface area contributed by atoms with Crippen LogP contribution in [0, 0.1) is 6.92 Å². The quantitative estimate of drug-likeness (QED) is 0.765. The van der Waals surface area contributed by atoms with Gasteiger partial charge in [0.1, 0.15) is 5.82 Å². The first-order chi connectivity index (χ1) is 11.5. The number of nitrogens with zero attached hydrogens (tertiary/aromatic N) is 2. The van der Waals surface area contributed by atoms with Crippen molar-refractivity contribution in [3.63, 3.8) is 0 Å². The highest BCUT2D eigenvalue weighted by atomic mass is 35.5. The second-order valence-electron chi connectivity index (χ2n) is 5.67. The summed E-state index contributed by atoms with van der Waals surface area (Å²) < 4.78 is 1.97. The van der Waals surface area contributed by atoms with Crippen molar-refractivity contribution in [2.24, 2.45) is 7.05 Å². The van der Waals surface area contributed by atoms with Gasteiger partial charge in [-0.05, 0) is 31.2 Å².